The second-order valence-electron chi connectivity index (χ2n) is 9.80. The van der Waals surface area contributed by atoms with Crippen LogP contribution in [-0.4, -0.2) is 27.7 Å². The summed E-state index contributed by atoms with van der Waals surface area (Å²) < 4.78 is 0. The van der Waals surface area contributed by atoms with Crippen molar-refractivity contribution in [3.63, 3.8) is 0 Å². The van der Waals surface area contributed by atoms with Crippen LogP contribution in [0.3, 0.4) is 0 Å². The standard InChI is InChI=1S/C24H30N6O/c25-10-20-12-28-23(27-11-15-2-1-3-16(4-15)13-31)30-22(20)29-14-24-7-17-5-18(8-24)21(26)19(6-17)9-24/h1-4,12,17-19,21,31H,5-9,11,13-14,26H2,(H2,27,28,29,30)/t17?,18-,19+,21-,24-. The van der Waals surface area contributed by atoms with E-state index in [1.54, 1.807) is 6.20 Å². The maximum atomic E-state index is 9.54. The summed E-state index contributed by atoms with van der Waals surface area (Å²) in [6, 6.07) is 10.3. The fraction of sp³-hybridized carbons (Fsp3) is 0.542. The van der Waals surface area contributed by atoms with E-state index in [1.807, 2.05) is 24.3 Å². The molecule has 0 spiro atoms. The topological polar surface area (TPSA) is 120 Å². The summed E-state index contributed by atoms with van der Waals surface area (Å²) in [7, 11) is 0. The highest BCUT2D eigenvalue weighted by molar-refractivity contribution is 5.53. The molecule has 4 aliphatic carbocycles. The van der Waals surface area contributed by atoms with Crippen LogP contribution in [0.25, 0.3) is 0 Å². The van der Waals surface area contributed by atoms with Crippen molar-refractivity contribution in [3.8, 4) is 6.07 Å². The molecule has 1 aromatic carbocycles. The van der Waals surface area contributed by atoms with E-state index in [0.29, 0.717) is 41.8 Å². The molecule has 1 unspecified atom stereocenters. The maximum Gasteiger partial charge on any atom is 0.224 e. The van der Waals surface area contributed by atoms with Crippen LogP contribution in [0.15, 0.2) is 30.5 Å². The minimum atomic E-state index is 0.0184. The zero-order chi connectivity index (χ0) is 21.4. The monoisotopic (exact) mass is 418 g/mol. The predicted octanol–water partition coefficient (Wildman–Crippen LogP) is 3.02. The Hall–Kier alpha value is -2.69. The highest BCUT2D eigenvalue weighted by Crippen LogP contribution is 2.59. The molecule has 0 amide bonds. The van der Waals surface area contributed by atoms with Gasteiger partial charge in [-0.25, -0.2) is 4.98 Å². The largest absolute Gasteiger partial charge is 0.392 e. The van der Waals surface area contributed by atoms with E-state index in [-0.39, 0.29) is 12.0 Å². The number of nitrogens with one attached hydrogen (secondary N) is 2. The highest BCUT2D eigenvalue weighted by Gasteiger charge is 2.54. The fourth-order valence-corrected chi connectivity index (χ4v) is 6.42. The SMILES string of the molecule is N#Cc1cnc(NCc2cccc(CO)c2)nc1NC[C@]12CC3C[C@H](C1)[C@@H](N)[C@@H](C3)C2. The van der Waals surface area contributed by atoms with Crippen LogP contribution in [0.4, 0.5) is 11.8 Å². The molecule has 5 N–H and O–H groups in total. The van der Waals surface area contributed by atoms with Gasteiger partial charge in [-0.3, -0.25) is 0 Å². The summed E-state index contributed by atoms with van der Waals surface area (Å²) in [5, 5.41) is 25.6. The second kappa shape index (κ2) is 8.10. The zero-order valence-corrected chi connectivity index (χ0v) is 17.7. The number of nitrogens with zero attached hydrogens (tertiary/aromatic N) is 3. The number of benzene rings is 1. The first-order valence-corrected chi connectivity index (χ1v) is 11.3. The molecule has 4 aliphatic rings. The Morgan fingerprint density at radius 3 is 2.68 bits per heavy atom. The third kappa shape index (κ3) is 3.98. The molecule has 2 aromatic rings. The average molecular weight is 419 g/mol. The van der Waals surface area contributed by atoms with Crippen LogP contribution >= 0.6 is 0 Å². The van der Waals surface area contributed by atoms with E-state index in [9.17, 15) is 10.4 Å². The van der Waals surface area contributed by atoms with Gasteiger partial charge in [-0.1, -0.05) is 24.3 Å². The quantitative estimate of drug-likeness (QED) is 0.545. The molecule has 1 heterocycles. The van der Waals surface area contributed by atoms with Gasteiger partial charge >= 0.3 is 0 Å². The van der Waals surface area contributed by atoms with E-state index in [2.05, 4.69) is 26.7 Å². The molecule has 4 fully saturated rings. The summed E-state index contributed by atoms with van der Waals surface area (Å²) in [6.07, 6.45) is 7.81. The lowest BCUT2D eigenvalue weighted by atomic mass is 9.48. The molecule has 31 heavy (non-hydrogen) atoms. The summed E-state index contributed by atoms with van der Waals surface area (Å²) in [6.45, 7) is 1.41. The van der Waals surface area contributed by atoms with E-state index < -0.39 is 0 Å². The van der Waals surface area contributed by atoms with Gasteiger partial charge < -0.3 is 21.5 Å². The summed E-state index contributed by atoms with van der Waals surface area (Å²) in [4.78, 5) is 8.91. The van der Waals surface area contributed by atoms with Crippen molar-refractivity contribution >= 4 is 11.8 Å². The molecule has 162 valence electrons. The third-order valence-electron chi connectivity index (χ3n) is 7.64. The van der Waals surface area contributed by atoms with Crippen LogP contribution < -0.4 is 16.4 Å². The van der Waals surface area contributed by atoms with Crippen LogP contribution in [0.1, 0.15) is 48.8 Å². The maximum absolute atomic E-state index is 9.54. The van der Waals surface area contributed by atoms with Crippen molar-refractivity contribution < 1.29 is 5.11 Å². The predicted molar refractivity (Wildman–Crippen MR) is 119 cm³/mol. The van der Waals surface area contributed by atoms with Crippen LogP contribution in [0.2, 0.25) is 0 Å². The number of nitrogens with two attached hydrogens (primary N) is 1. The first-order valence-electron chi connectivity index (χ1n) is 11.3. The molecule has 1 aromatic heterocycles. The molecular weight excluding hydrogens is 388 g/mol. The number of aliphatic hydroxyl groups excluding tert-OH is 1. The first-order chi connectivity index (χ1) is 15.1. The van der Waals surface area contributed by atoms with Crippen molar-refractivity contribution in [2.45, 2.75) is 51.3 Å². The van der Waals surface area contributed by atoms with Gasteiger partial charge in [0.05, 0.1) is 12.8 Å². The average Bonchev–Trinajstić information content (AvgIpc) is 2.79. The van der Waals surface area contributed by atoms with Gasteiger partial charge in [0.1, 0.15) is 17.5 Å². The smallest absolute Gasteiger partial charge is 0.224 e. The third-order valence-corrected chi connectivity index (χ3v) is 7.64. The van der Waals surface area contributed by atoms with Crippen molar-refractivity contribution in [2.75, 3.05) is 17.2 Å². The molecule has 5 atom stereocenters. The molecule has 7 heteroatoms. The Kier molecular flexibility index (Phi) is 5.28. The minimum Gasteiger partial charge on any atom is -0.392 e. The number of hydrogen-bond acceptors (Lipinski definition) is 7. The van der Waals surface area contributed by atoms with Gasteiger partial charge in [0.2, 0.25) is 5.95 Å². The van der Waals surface area contributed by atoms with E-state index in [0.717, 1.165) is 23.6 Å². The summed E-state index contributed by atoms with van der Waals surface area (Å²) in [5.74, 6) is 3.21. The lowest BCUT2D eigenvalue weighted by Crippen LogP contribution is -2.58. The van der Waals surface area contributed by atoms with E-state index in [4.69, 9.17) is 5.73 Å². The van der Waals surface area contributed by atoms with Gasteiger partial charge in [-0.2, -0.15) is 10.2 Å². The van der Waals surface area contributed by atoms with E-state index in [1.165, 1.54) is 32.1 Å². The Morgan fingerprint density at radius 1 is 1.16 bits per heavy atom. The number of anilines is 2. The van der Waals surface area contributed by atoms with Crippen LogP contribution in [-0.2, 0) is 13.2 Å². The van der Waals surface area contributed by atoms with Gasteiger partial charge in [-0.15, -0.1) is 0 Å². The highest BCUT2D eigenvalue weighted by atomic mass is 16.3. The fourth-order valence-electron chi connectivity index (χ4n) is 6.42. The molecule has 6 rings (SSSR count). The van der Waals surface area contributed by atoms with Crippen LogP contribution in [0, 0.1) is 34.5 Å². The number of aromatic nitrogens is 2. The van der Waals surface area contributed by atoms with Crippen molar-refractivity contribution in [1.29, 1.82) is 5.26 Å². The second-order valence-corrected chi connectivity index (χ2v) is 9.80. The molecule has 4 saturated carbocycles. The van der Waals surface area contributed by atoms with Crippen molar-refractivity contribution in [2.24, 2.45) is 28.9 Å². The molecular formula is C24H30N6O. The summed E-state index contributed by atoms with van der Waals surface area (Å²) in [5.41, 5.74) is 9.15. The van der Waals surface area contributed by atoms with Crippen molar-refractivity contribution in [1.82, 2.24) is 9.97 Å². The van der Waals surface area contributed by atoms with Gasteiger partial charge in [0, 0.05) is 19.1 Å². The molecule has 4 bridgehead atoms. The molecule has 0 saturated heterocycles. The van der Waals surface area contributed by atoms with E-state index >= 15 is 0 Å². The van der Waals surface area contributed by atoms with Crippen LogP contribution in [0.5, 0.6) is 0 Å². The number of hydrogen-bond donors (Lipinski definition) is 4. The van der Waals surface area contributed by atoms with Gasteiger partial charge in [0.25, 0.3) is 0 Å². The van der Waals surface area contributed by atoms with Gasteiger partial charge in [0.15, 0.2) is 0 Å². The lowest BCUT2D eigenvalue weighted by molar-refractivity contribution is -0.0591. The first kappa shape index (κ1) is 20.2. The molecule has 7 nitrogen and oxygen atoms in total. The molecule has 0 radical (unpaired) electrons. The Labute approximate surface area is 183 Å². The number of aliphatic hydroxyl groups is 1. The number of nitriles is 1. The Bertz CT molecular complexity index is 986. The summed E-state index contributed by atoms with van der Waals surface area (Å²) >= 11 is 0. The number of rotatable bonds is 7. The Balaban J connectivity index is 1.27. The normalized spacial score (nSPS) is 30.7. The van der Waals surface area contributed by atoms with Crippen molar-refractivity contribution in [3.05, 3.63) is 47.2 Å². The molecule has 0 aliphatic heterocycles. The Morgan fingerprint density at radius 2 is 1.94 bits per heavy atom. The minimum absolute atomic E-state index is 0.0184. The lowest BCUT2D eigenvalue weighted by Gasteiger charge is -2.59. The zero-order valence-electron chi connectivity index (χ0n) is 17.7. The van der Waals surface area contributed by atoms with Gasteiger partial charge in [-0.05, 0) is 66.4 Å².